The molecule has 16 heavy (non-hydrogen) atoms. The maximum absolute atomic E-state index is 11.5. The molecule has 92 valence electrons. The first-order chi connectivity index (χ1) is 7.26. The van der Waals surface area contributed by atoms with Gasteiger partial charge in [0.1, 0.15) is 6.04 Å². The standard InChI is InChI=1S/C8H14N2O5S/c1-3-6(4-9)16(14,15)10-7(5(2)11)8(12)13/h5-7,10-11H,3H2,1-2H3,(H,12,13). The first-order valence-corrected chi connectivity index (χ1v) is 6.12. The van der Waals surface area contributed by atoms with Gasteiger partial charge in [0, 0.05) is 0 Å². The molecule has 0 aromatic carbocycles. The number of nitrogens with one attached hydrogen (secondary N) is 1. The summed E-state index contributed by atoms with van der Waals surface area (Å²) in [6, 6.07) is -0.0957. The first kappa shape index (κ1) is 14.8. The van der Waals surface area contributed by atoms with Gasteiger partial charge < -0.3 is 10.2 Å². The van der Waals surface area contributed by atoms with Crippen LogP contribution in [-0.4, -0.2) is 42.0 Å². The number of aliphatic hydroxyl groups is 1. The van der Waals surface area contributed by atoms with E-state index in [1.165, 1.54) is 6.92 Å². The molecular formula is C8H14N2O5S. The second-order valence-electron chi connectivity index (χ2n) is 3.25. The topological polar surface area (TPSA) is 127 Å². The number of nitrogens with zero attached hydrogens (tertiary/aromatic N) is 1. The largest absolute Gasteiger partial charge is 0.480 e. The molecule has 3 unspecified atom stereocenters. The predicted octanol–water partition coefficient (Wildman–Crippen LogP) is -0.958. The van der Waals surface area contributed by atoms with Crippen LogP contribution in [0.3, 0.4) is 0 Å². The smallest absolute Gasteiger partial charge is 0.324 e. The fraction of sp³-hybridized carbons (Fsp3) is 0.750. The van der Waals surface area contributed by atoms with E-state index in [-0.39, 0.29) is 6.42 Å². The molecule has 3 atom stereocenters. The summed E-state index contributed by atoms with van der Waals surface area (Å²) in [7, 11) is -4.06. The number of sulfonamides is 1. The second-order valence-corrected chi connectivity index (χ2v) is 5.14. The van der Waals surface area contributed by atoms with Gasteiger partial charge in [0.15, 0.2) is 5.25 Å². The molecular weight excluding hydrogens is 236 g/mol. The Morgan fingerprint density at radius 3 is 2.31 bits per heavy atom. The van der Waals surface area contributed by atoms with Crippen LogP contribution >= 0.6 is 0 Å². The summed E-state index contributed by atoms with van der Waals surface area (Å²) in [5.74, 6) is -1.49. The summed E-state index contributed by atoms with van der Waals surface area (Å²) in [5.41, 5.74) is 0. The zero-order chi connectivity index (χ0) is 12.9. The molecule has 0 radical (unpaired) electrons. The van der Waals surface area contributed by atoms with Crippen molar-refractivity contribution >= 4 is 16.0 Å². The highest BCUT2D eigenvalue weighted by atomic mass is 32.2. The summed E-state index contributed by atoms with van der Waals surface area (Å²) in [6.45, 7) is 2.64. The minimum atomic E-state index is -4.06. The molecule has 3 N–H and O–H groups in total. The van der Waals surface area contributed by atoms with Gasteiger partial charge in [-0.15, -0.1) is 0 Å². The third kappa shape index (κ3) is 3.77. The Morgan fingerprint density at radius 2 is 2.06 bits per heavy atom. The van der Waals surface area contributed by atoms with Crippen LogP contribution in [0.25, 0.3) is 0 Å². The van der Waals surface area contributed by atoms with Gasteiger partial charge >= 0.3 is 5.97 Å². The first-order valence-electron chi connectivity index (χ1n) is 4.57. The molecule has 0 rings (SSSR count). The molecule has 0 fully saturated rings. The van der Waals surface area contributed by atoms with E-state index >= 15 is 0 Å². The fourth-order valence-electron chi connectivity index (χ4n) is 0.994. The molecule has 0 aromatic heterocycles. The van der Waals surface area contributed by atoms with Gasteiger partial charge in [-0.2, -0.15) is 9.98 Å². The van der Waals surface area contributed by atoms with Crippen molar-refractivity contribution in [2.75, 3.05) is 0 Å². The van der Waals surface area contributed by atoms with Crippen LogP contribution in [0.2, 0.25) is 0 Å². The number of carboxylic acids is 1. The van der Waals surface area contributed by atoms with E-state index in [0.29, 0.717) is 0 Å². The summed E-state index contributed by atoms with van der Waals surface area (Å²) in [5, 5.41) is 25.0. The van der Waals surface area contributed by atoms with Gasteiger partial charge in [0.2, 0.25) is 10.0 Å². The van der Waals surface area contributed by atoms with Crippen LogP contribution in [0.4, 0.5) is 0 Å². The van der Waals surface area contributed by atoms with Crippen LogP contribution in [0.1, 0.15) is 20.3 Å². The molecule has 0 saturated heterocycles. The van der Waals surface area contributed by atoms with Crippen LogP contribution in [0.15, 0.2) is 0 Å². The third-order valence-corrected chi connectivity index (χ3v) is 3.70. The highest BCUT2D eigenvalue weighted by molar-refractivity contribution is 7.90. The van der Waals surface area contributed by atoms with Gasteiger partial charge in [-0.1, -0.05) is 6.92 Å². The van der Waals surface area contributed by atoms with Crippen molar-refractivity contribution in [3.63, 3.8) is 0 Å². The summed E-state index contributed by atoms with van der Waals surface area (Å²) >= 11 is 0. The molecule has 0 aromatic rings. The molecule has 0 saturated carbocycles. The van der Waals surface area contributed by atoms with Crippen molar-refractivity contribution in [2.24, 2.45) is 0 Å². The molecule has 0 spiro atoms. The molecule has 7 nitrogen and oxygen atoms in total. The molecule has 0 aliphatic heterocycles. The van der Waals surface area contributed by atoms with E-state index in [4.69, 9.17) is 15.5 Å². The molecule has 0 bridgehead atoms. The van der Waals surface area contributed by atoms with Crippen LogP contribution in [0, 0.1) is 11.3 Å². The van der Waals surface area contributed by atoms with Crippen LogP contribution in [0.5, 0.6) is 0 Å². The van der Waals surface area contributed by atoms with Crippen molar-refractivity contribution in [1.82, 2.24) is 4.72 Å². The Labute approximate surface area is 93.7 Å². The van der Waals surface area contributed by atoms with E-state index in [1.807, 2.05) is 0 Å². The van der Waals surface area contributed by atoms with Crippen molar-refractivity contribution in [1.29, 1.82) is 5.26 Å². The SMILES string of the molecule is CCC(C#N)S(=O)(=O)NC(C(=O)O)C(C)O. The Bertz CT molecular complexity index is 384. The highest BCUT2D eigenvalue weighted by Gasteiger charge is 2.32. The van der Waals surface area contributed by atoms with E-state index in [9.17, 15) is 13.2 Å². The van der Waals surface area contributed by atoms with E-state index in [1.54, 1.807) is 10.8 Å². The fourth-order valence-corrected chi connectivity index (χ4v) is 2.39. The summed E-state index contributed by atoms with van der Waals surface area (Å²) in [6.07, 6.45) is -1.35. The highest BCUT2D eigenvalue weighted by Crippen LogP contribution is 2.05. The molecule has 0 aliphatic carbocycles. The molecule has 8 heteroatoms. The number of carboxylic acid groups (broad SMARTS) is 1. The Hall–Kier alpha value is -1.17. The van der Waals surface area contributed by atoms with E-state index < -0.39 is 33.4 Å². The maximum Gasteiger partial charge on any atom is 0.324 e. The average molecular weight is 250 g/mol. The third-order valence-electron chi connectivity index (χ3n) is 1.93. The van der Waals surface area contributed by atoms with E-state index in [0.717, 1.165) is 6.92 Å². The van der Waals surface area contributed by atoms with Crippen LogP contribution < -0.4 is 4.72 Å². The van der Waals surface area contributed by atoms with Gasteiger partial charge in [0.25, 0.3) is 0 Å². The Kier molecular flexibility index (Phi) is 5.37. The monoisotopic (exact) mass is 250 g/mol. The van der Waals surface area contributed by atoms with Gasteiger partial charge in [-0.3, -0.25) is 4.79 Å². The summed E-state index contributed by atoms with van der Waals surface area (Å²) < 4.78 is 24.8. The number of hydrogen-bond donors (Lipinski definition) is 3. The lowest BCUT2D eigenvalue weighted by Gasteiger charge is -2.18. The van der Waals surface area contributed by atoms with Gasteiger partial charge in [-0.05, 0) is 13.3 Å². The molecule has 0 heterocycles. The van der Waals surface area contributed by atoms with Crippen molar-refractivity contribution < 1.29 is 23.4 Å². The number of aliphatic carboxylic acids is 1. The van der Waals surface area contributed by atoms with Crippen molar-refractivity contribution in [2.45, 2.75) is 37.7 Å². The Morgan fingerprint density at radius 1 is 1.56 bits per heavy atom. The number of nitriles is 1. The Balaban J connectivity index is 4.95. The average Bonchev–Trinajstić information content (AvgIpc) is 2.14. The normalized spacial score (nSPS) is 17.1. The lowest BCUT2D eigenvalue weighted by molar-refractivity contribution is -0.141. The number of aliphatic hydroxyl groups excluding tert-OH is 1. The van der Waals surface area contributed by atoms with Crippen LogP contribution in [-0.2, 0) is 14.8 Å². The van der Waals surface area contributed by atoms with E-state index in [2.05, 4.69) is 0 Å². The number of hydrogen-bond acceptors (Lipinski definition) is 5. The quantitative estimate of drug-likeness (QED) is 0.557. The lowest BCUT2D eigenvalue weighted by atomic mass is 10.2. The summed E-state index contributed by atoms with van der Waals surface area (Å²) in [4.78, 5) is 10.6. The zero-order valence-corrected chi connectivity index (χ0v) is 9.73. The van der Waals surface area contributed by atoms with Crippen molar-refractivity contribution in [3.8, 4) is 6.07 Å². The number of rotatable bonds is 6. The maximum atomic E-state index is 11.5. The minimum absolute atomic E-state index is 0.0397. The second kappa shape index (κ2) is 5.79. The van der Waals surface area contributed by atoms with Gasteiger partial charge in [0.05, 0.1) is 12.2 Å². The predicted molar refractivity (Wildman–Crippen MR) is 54.9 cm³/mol. The minimum Gasteiger partial charge on any atom is -0.480 e. The number of carbonyl (C=O) groups is 1. The zero-order valence-electron chi connectivity index (χ0n) is 8.91. The van der Waals surface area contributed by atoms with Crippen molar-refractivity contribution in [3.05, 3.63) is 0 Å². The van der Waals surface area contributed by atoms with Gasteiger partial charge in [-0.25, -0.2) is 8.42 Å². The molecule has 0 amide bonds. The molecule has 0 aliphatic rings. The lowest BCUT2D eigenvalue weighted by Crippen LogP contribution is -2.50.